The zero-order chi connectivity index (χ0) is 12.3. The van der Waals surface area contributed by atoms with E-state index in [-0.39, 0.29) is 5.54 Å². The van der Waals surface area contributed by atoms with Crippen molar-refractivity contribution in [3.8, 4) is 0 Å². The molecular weight excluding hydrogens is 212 g/mol. The van der Waals surface area contributed by atoms with E-state index < -0.39 is 0 Å². The van der Waals surface area contributed by atoms with Gasteiger partial charge in [-0.05, 0) is 52.9 Å². The standard InChI is InChI=1S/C14H26N2O/c1-14(2,16-9-5-4-6-10-16)13(15-3)12-8-7-11-17-12/h8,13,15H,4-7,9-11H2,1-3H3. The lowest BCUT2D eigenvalue weighted by Gasteiger charge is -2.45. The first-order chi connectivity index (χ1) is 8.16. The van der Waals surface area contributed by atoms with Crippen molar-refractivity contribution in [2.75, 3.05) is 26.7 Å². The van der Waals surface area contributed by atoms with Crippen molar-refractivity contribution < 1.29 is 4.74 Å². The first kappa shape index (κ1) is 12.9. The molecular formula is C14H26N2O. The summed E-state index contributed by atoms with van der Waals surface area (Å²) in [6, 6.07) is 0.308. The summed E-state index contributed by atoms with van der Waals surface area (Å²) < 4.78 is 5.76. The molecule has 17 heavy (non-hydrogen) atoms. The van der Waals surface area contributed by atoms with Crippen molar-refractivity contribution in [3.05, 3.63) is 11.8 Å². The zero-order valence-electron chi connectivity index (χ0n) is 11.5. The lowest BCUT2D eigenvalue weighted by Crippen LogP contribution is -2.59. The van der Waals surface area contributed by atoms with Crippen molar-refractivity contribution in [1.82, 2.24) is 10.2 Å². The van der Waals surface area contributed by atoms with Crippen LogP contribution in [0.4, 0.5) is 0 Å². The van der Waals surface area contributed by atoms with Crippen molar-refractivity contribution in [2.45, 2.75) is 51.1 Å². The van der Waals surface area contributed by atoms with Crippen LogP contribution in [0.5, 0.6) is 0 Å². The highest BCUT2D eigenvalue weighted by atomic mass is 16.5. The van der Waals surface area contributed by atoms with Crippen LogP contribution < -0.4 is 5.32 Å². The number of likely N-dealkylation sites (N-methyl/N-ethyl adjacent to an activating group) is 1. The molecule has 3 nitrogen and oxygen atoms in total. The van der Waals surface area contributed by atoms with Crippen LogP contribution in [-0.2, 0) is 4.74 Å². The monoisotopic (exact) mass is 238 g/mol. The number of nitrogens with one attached hydrogen (secondary N) is 1. The van der Waals surface area contributed by atoms with Gasteiger partial charge in [0.05, 0.1) is 12.6 Å². The highest BCUT2D eigenvalue weighted by molar-refractivity contribution is 5.15. The quantitative estimate of drug-likeness (QED) is 0.812. The van der Waals surface area contributed by atoms with Crippen LogP contribution in [0.1, 0.15) is 39.5 Å². The van der Waals surface area contributed by atoms with Crippen LogP contribution in [0.25, 0.3) is 0 Å². The van der Waals surface area contributed by atoms with E-state index in [1.807, 2.05) is 7.05 Å². The van der Waals surface area contributed by atoms with E-state index in [1.165, 1.54) is 32.4 Å². The molecule has 0 aromatic carbocycles. The number of piperidine rings is 1. The molecule has 1 N–H and O–H groups in total. The summed E-state index contributed by atoms with van der Waals surface area (Å²) in [5.74, 6) is 1.14. The molecule has 0 saturated carbocycles. The lowest BCUT2D eigenvalue weighted by molar-refractivity contribution is 0.0542. The number of hydrogen-bond donors (Lipinski definition) is 1. The van der Waals surface area contributed by atoms with Gasteiger partial charge in [0.15, 0.2) is 0 Å². The Bertz CT molecular complexity index is 280. The maximum Gasteiger partial charge on any atom is 0.111 e. The van der Waals surface area contributed by atoms with Gasteiger partial charge in [0.1, 0.15) is 5.76 Å². The number of ether oxygens (including phenoxy) is 1. The Morgan fingerprint density at radius 3 is 2.53 bits per heavy atom. The summed E-state index contributed by atoms with van der Waals surface area (Å²) in [4.78, 5) is 2.61. The van der Waals surface area contributed by atoms with Gasteiger partial charge in [-0.3, -0.25) is 4.90 Å². The molecule has 1 unspecified atom stereocenters. The molecule has 1 fully saturated rings. The topological polar surface area (TPSA) is 24.5 Å². The maximum atomic E-state index is 5.76. The van der Waals surface area contributed by atoms with Crippen LogP contribution in [0.15, 0.2) is 11.8 Å². The summed E-state index contributed by atoms with van der Waals surface area (Å²) in [6.45, 7) is 7.96. The van der Waals surface area contributed by atoms with E-state index in [2.05, 4.69) is 30.1 Å². The van der Waals surface area contributed by atoms with E-state index in [9.17, 15) is 0 Å². The molecule has 2 aliphatic heterocycles. The highest BCUT2D eigenvalue weighted by Crippen LogP contribution is 2.29. The number of rotatable bonds is 4. The molecule has 0 aromatic heterocycles. The van der Waals surface area contributed by atoms with Gasteiger partial charge in [0.25, 0.3) is 0 Å². The Hall–Kier alpha value is -0.540. The lowest BCUT2D eigenvalue weighted by atomic mass is 9.88. The second-order valence-corrected chi connectivity index (χ2v) is 5.67. The van der Waals surface area contributed by atoms with Gasteiger partial charge in [-0.2, -0.15) is 0 Å². The van der Waals surface area contributed by atoms with Crippen molar-refractivity contribution in [1.29, 1.82) is 0 Å². The van der Waals surface area contributed by atoms with E-state index in [4.69, 9.17) is 4.74 Å². The number of nitrogens with zero attached hydrogens (tertiary/aromatic N) is 1. The zero-order valence-corrected chi connectivity index (χ0v) is 11.5. The molecule has 0 spiro atoms. The third-order valence-electron chi connectivity index (χ3n) is 4.18. The molecule has 0 bridgehead atoms. The Labute approximate surface area is 105 Å². The van der Waals surface area contributed by atoms with Crippen molar-refractivity contribution >= 4 is 0 Å². The van der Waals surface area contributed by atoms with E-state index in [1.54, 1.807) is 0 Å². The molecule has 1 saturated heterocycles. The molecule has 1 atom stereocenters. The van der Waals surface area contributed by atoms with Crippen LogP contribution in [0.2, 0.25) is 0 Å². The average molecular weight is 238 g/mol. The second-order valence-electron chi connectivity index (χ2n) is 5.67. The van der Waals surface area contributed by atoms with Gasteiger partial charge in [-0.15, -0.1) is 0 Å². The summed E-state index contributed by atoms with van der Waals surface area (Å²) >= 11 is 0. The Balaban J connectivity index is 2.09. The van der Waals surface area contributed by atoms with Gasteiger partial charge >= 0.3 is 0 Å². The van der Waals surface area contributed by atoms with Crippen molar-refractivity contribution in [2.24, 2.45) is 0 Å². The maximum absolute atomic E-state index is 5.76. The highest BCUT2D eigenvalue weighted by Gasteiger charge is 2.38. The fourth-order valence-electron chi connectivity index (χ4n) is 3.13. The largest absolute Gasteiger partial charge is 0.496 e. The van der Waals surface area contributed by atoms with Gasteiger partial charge in [0.2, 0.25) is 0 Å². The van der Waals surface area contributed by atoms with Gasteiger partial charge in [-0.1, -0.05) is 6.42 Å². The molecule has 3 heteroatoms. The van der Waals surface area contributed by atoms with Crippen LogP contribution in [-0.4, -0.2) is 43.2 Å². The molecule has 0 aromatic rings. The summed E-state index contributed by atoms with van der Waals surface area (Å²) in [6.07, 6.45) is 7.35. The fraction of sp³-hybridized carbons (Fsp3) is 0.857. The van der Waals surface area contributed by atoms with Gasteiger partial charge < -0.3 is 10.1 Å². The van der Waals surface area contributed by atoms with Gasteiger partial charge in [0, 0.05) is 12.0 Å². The van der Waals surface area contributed by atoms with Crippen LogP contribution in [0.3, 0.4) is 0 Å². The first-order valence-corrected chi connectivity index (χ1v) is 6.91. The number of hydrogen-bond acceptors (Lipinski definition) is 3. The van der Waals surface area contributed by atoms with Crippen LogP contribution >= 0.6 is 0 Å². The van der Waals surface area contributed by atoms with E-state index in [0.717, 1.165) is 18.8 Å². The predicted octanol–water partition coefficient (Wildman–Crippen LogP) is 2.14. The molecule has 2 rings (SSSR count). The average Bonchev–Trinajstić information content (AvgIpc) is 2.84. The Morgan fingerprint density at radius 1 is 1.29 bits per heavy atom. The minimum atomic E-state index is 0.130. The number of likely N-dealkylation sites (tertiary alicyclic amines) is 1. The third-order valence-corrected chi connectivity index (χ3v) is 4.18. The van der Waals surface area contributed by atoms with Gasteiger partial charge in [-0.25, -0.2) is 0 Å². The summed E-state index contributed by atoms with van der Waals surface area (Å²) in [5.41, 5.74) is 0.130. The minimum Gasteiger partial charge on any atom is -0.496 e. The minimum absolute atomic E-state index is 0.130. The molecule has 0 amide bonds. The third kappa shape index (κ3) is 2.66. The Morgan fingerprint density at radius 2 is 2.00 bits per heavy atom. The fourth-order valence-corrected chi connectivity index (χ4v) is 3.13. The molecule has 0 radical (unpaired) electrons. The molecule has 98 valence electrons. The normalized spacial score (nSPS) is 24.3. The van der Waals surface area contributed by atoms with Crippen LogP contribution in [0, 0.1) is 0 Å². The first-order valence-electron chi connectivity index (χ1n) is 6.91. The van der Waals surface area contributed by atoms with E-state index >= 15 is 0 Å². The Kier molecular flexibility index (Phi) is 4.10. The molecule has 2 aliphatic rings. The molecule has 2 heterocycles. The van der Waals surface area contributed by atoms with E-state index in [0.29, 0.717) is 6.04 Å². The predicted molar refractivity (Wildman–Crippen MR) is 71.0 cm³/mol. The summed E-state index contributed by atoms with van der Waals surface area (Å²) in [5, 5.41) is 3.45. The smallest absolute Gasteiger partial charge is 0.111 e. The molecule has 0 aliphatic carbocycles. The summed E-state index contributed by atoms with van der Waals surface area (Å²) in [7, 11) is 2.04. The van der Waals surface area contributed by atoms with Crippen molar-refractivity contribution in [3.63, 3.8) is 0 Å². The second kappa shape index (κ2) is 5.40. The SMILES string of the molecule is CNC(C1=CCCO1)C(C)(C)N1CCCCC1.